The molecule has 1 amide bonds. The van der Waals surface area contributed by atoms with E-state index in [0.29, 0.717) is 18.8 Å². The molecular weight excluding hydrogens is 324 g/mol. The van der Waals surface area contributed by atoms with Crippen LogP contribution >= 0.6 is 0 Å². The highest BCUT2D eigenvalue weighted by molar-refractivity contribution is 5.92. The van der Waals surface area contributed by atoms with Crippen LogP contribution in [0.4, 0.5) is 5.69 Å². The van der Waals surface area contributed by atoms with Gasteiger partial charge in [0.15, 0.2) is 0 Å². The second-order valence-electron chi connectivity index (χ2n) is 5.95. The molecule has 0 saturated carbocycles. The molecule has 0 aliphatic carbocycles. The number of nitrogens with one attached hydrogen (secondary N) is 2. The van der Waals surface area contributed by atoms with Crippen molar-refractivity contribution in [2.24, 2.45) is 0 Å². The number of carbonyl (C=O) groups is 1. The van der Waals surface area contributed by atoms with Gasteiger partial charge < -0.3 is 10.6 Å². The van der Waals surface area contributed by atoms with Crippen molar-refractivity contribution < 1.29 is 4.79 Å². The molecule has 0 bridgehead atoms. The lowest BCUT2D eigenvalue weighted by molar-refractivity contribution is 0.0948. The zero-order chi connectivity index (χ0) is 18.0. The standard InChI is InChI=1S/C21H22N4O/c26-21(23-14-6-9-17-7-2-1-3-8-17)20-12-11-19(16-25-20)24-15-18-10-4-5-13-22-18/h1-5,7-8,10-13,16,24H,6,9,14-15H2,(H,23,26). The smallest absolute Gasteiger partial charge is 0.269 e. The van der Waals surface area contributed by atoms with E-state index in [2.05, 4.69) is 32.7 Å². The Bertz CT molecular complexity index is 804. The highest BCUT2D eigenvalue weighted by Crippen LogP contribution is 2.08. The van der Waals surface area contributed by atoms with Gasteiger partial charge in [-0.25, -0.2) is 4.98 Å². The van der Waals surface area contributed by atoms with E-state index in [1.54, 1.807) is 18.5 Å². The number of rotatable bonds is 8. The summed E-state index contributed by atoms with van der Waals surface area (Å²) in [5, 5.41) is 6.16. The number of benzene rings is 1. The van der Waals surface area contributed by atoms with Crippen molar-refractivity contribution in [3.8, 4) is 0 Å². The topological polar surface area (TPSA) is 66.9 Å². The zero-order valence-electron chi connectivity index (χ0n) is 14.6. The average molecular weight is 346 g/mol. The third-order valence-corrected chi connectivity index (χ3v) is 3.97. The number of nitrogens with zero attached hydrogens (tertiary/aromatic N) is 2. The third-order valence-electron chi connectivity index (χ3n) is 3.97. The van der Waals surface area contributed by atoms with Crippen molar-refractivity contribution in [3.05, 3.63) is 90.0 Å². The van der Waals surface area contributed by atoms with Gasteiger partial charge in [0.2, 0.25) is 0 Å². The van der Waals surface area contributed by atoms with Gasteiger partial charge >= 0.3 is 0 Å². The van der Waals surface area contributed by atoms with Crippen LogP contribution in [0.25, 0.3) is 0 Å². The van der Waals surface area contributed by atoms with Gasteiger partial charge in [-0.15, -0.1) is 0 Å². The van der Waals surface area contributed by atoms with E-state index in [0.717, 1.165) is 24.2 Å². The Morgan fingerprint density at radius 3 is 2.50 bits per heavy atom. The van der Waals surface area contributed by atoms with Crippen molar-refractivity contribution in [1.82, 2.24) is 15.3 Å². The Morgan fingerprint density at radius 2 is 1.77 bits per heavy atom. The van der Waals surface area contributed by atoms with Crippen LogP contribution < -0.4 is 10.6 Å². The van der Waals surface area contributed by atoms with Crippen molar-refractivity contribution in [2.75, 3.05) is 11.9 Å². The van der Waals surface area contributed by atoms with Gasteiger partial charge in [-0.1, -0.05) is 36.4 Å². The highest BCUT2D eigenvalue weighted by Gasteiger charge is 2.06. The molecule has 2 N–H and O–H groups in total. The first-order chi connectivity index (χ1) is 12.8. The van der Waals surface area contributed by atoms with Crippen molar-refractivity contribution in [3.63, 3.8) is 0 Å². The number of pyridine rings is 2. The van der Waals surface area contributed by atoms with E-state index < -0.39 is 0 Å². The molecule has 5 heteroatoms. The Balaban J connectivity index is 1.41. The van der Waals surface area contributed by atoms with Crippen LogP contribution in [0.2, 0.25) is 0 Å². The second-order valence-corrected chi connectivity index (χ2v) is 5.95. The lowest BCUT2D eigenvalue weighted by Crippen LogP contribution is -2.25. The first-order valence-corrected chi connectivity index (χ1v) is 8.73. The van der Waals surface area contributed by atoms with E-state index in [9.17, 15) is 4.79 Å². The molecule has 0 fully saturated rings. The largest absolute Gasteiger partial charge is 0.378 e. The van der Waals surface area contributed by atoms with Gasteiger partial charge in [-0.3, -0.25) is 9.78 Å². The van der Waals surface area contributed by atoms with Gasteiger partial charge in [0, 0.05) is 12.7 Å². The Kier molecular flexibility index (Phi) is 6.31. The fraction of sp³-hybridized carbons (Fsp3) is 0.190. The molecule has 3 rings (SSSR count). The number of amides is 1. The van der Waals surface area contributed by atoms with Crippen LogP contribution in [0, 0.1) is 0 Å². The molecular formula is C21H22N4O. The molecule has 132 valence electrons. The minimum atomic E-state index is -0.144. The summed E-state index contributed by atoms with van der Waals surface area (Å²) in [6.45, 7) is 1.25. The van der Waals surface area contributed by atoms with Crippen molar-refractivity contribution in [1.29, 1.82) is 0 Å². The van der Waals surface area contributed by atoms with Gasteiger partial charge in [-0.05, 0) is 42.7 Å². The van der Waals surface area contributed by atoms with Crippen LogP contribution in [0.15, 0.2) is 73.1 Å². The fourth-order valence-corrected chi connectivity index (χ4v) is 2.56. The summed E-state index contributed by atoms with van der Waals surface area (Å²) < 4.78 is 0. The predicted molar refractivity (Wildman–Crippen MR) is 103 cm³/mol. The van der Waals surface area contributed by atoms with Crippen molar-refractivity contribution in [2.45, 2.75) is 19.4 Å². The molecule has 2 aromatic heterocycles. The molecule has 0 aliphatic heterocycles. The van der Waals surface area contributed by atoms with E-state index in [1.165, 1.54) is 5.56 Å². The first-order valence-electron chi connectivity index (χ1n) is 8.73. The van der Waals surface area contributed by atoms with E-state index in [-0.39, 0.29) is 5.91 Å². The quantitative estimate of drug-likeness (QED) is 0.613. The molecule has 0 spiro atoms. The molecule has 2 heterocycles. The summed E-state index contributed by atoms with van der Waals surface area (Å²) in [7, 11) is 0. The Hall–Kier alpha value is -3.21. The molecule has 0 saturated heterocycles. The minimum absolute atomic E-state index is 0.144. The monoisotopic (exact) mass is 346 g/mol. The average Bonchev–Trinajstić information content (AvgIpc) is 2.71. The Morgan fingerprint density at radius 1 is 0.923 bits per heavy atom. The van der Waals surface area contributed by atoms with Crippen LogP contribution in [0.1, 0.15) is 28.2 Å². The van der Waals surface area contributed by atoms with Crippen LogP contribution in [0.5, 0.6) is 0 Å². The van der Waals surface area contributed by atoms with E-state index in [4.69, 9.17) is 0 Å². The second kappa shape index (κ2) is 9.32. The normalized spacial score (nSPS) is 10.3. The number of anilines is 1. The molecule has 3 aromatic rings. The summed E-state index contributed by atoms with van der Waals surface area (Å²) in [6.07, 6.45) is 5.28. The lowest BCUT2D eigenvalue weighted by atomic mass is 10.1. The van der Waals surface area contributed by atoms with Gasteiger partial charge in [-0.2, -0.15) is 0 Å². The zero-order valence-corrected chi connectivity index (χ0v) is 14.6. The SMILES string of the molecule is O=C(NCCCc1ccccc1)c1ccc(NCc2ccccn2)cn1. The maximum Gasteiger partial charge on any atom is 0.269 e. The van der Waals surface area contributed by atoms with Gasteiger partial charge in [0.25, 0.3) is 5.91 Å². The molecule has 0 unspecified atom stereocenters. The molecule has 1 aromatic carbocycles. The number of aromatic nitrogens is 2. The van der Waals surface area contributed by atoms with Gasteiger partial charge in [0.05, 0.1) is 24.1 Å². The summed E-state index contributed by atoms with van der Waals surface area (Å²) >= 11 is 0. The molecule has 0 aliphatic rings. The summed E-state index contributed by atoms with van der Waals surface area (Å²) in [4.78, 5) is 20.6. The maximum absolute atomic E-state index is 12.1. The molecule has 0 radical (unpaired) electrons. The lowest BCUT2D eigenvalue weighted by Gasteiger charge is -2.07. The van der Waals surface area contributed by atoms with Crippen LogP contribution in [-0.4, -0.2) is 22.4 Å². The van der Waals surface area contributed by atoms with E-state index >= 15 is 0 Å². The number of hydrogen-bond donors (Lipinski definition) is 2. The van der Waals surface area contributed by atoms with Crippen LogP contribution in [-0.2, 0) is 13.0 Å². The van der Waals surface area contributed by atoms with E-state index in [1.807, 2.05) is 42.5 Å². The number of carbonyl (C=O) groups excluding carboxylic acids is 1. The summed E-state index contributed by atoms with van der Waals surface area (Å²) in [6, 6.07) is 19.6. The van der Waals surface area contributed by atoms with Gasteiger partial charge in [0.1, 0.15) is 5.69 Å². The highest BCUT2D eigenvalue weighted by atomic mass is 16.1. The molecule has 0 atom stereocenters. The van der Waals surface area contributed by atoms with Crippen molar-refractivity contribution >= 4 is 11.6 Å². The third kappa shape index (κ3) is 5.41. The number of aryl methyl sites for hydroxylation is 1. The Labute approximate surface area is 153 Å². The minimum Gasteiger partial charge on any atom is -0.378 e. The number of hydrogen-bond acceptors (Lipinski definition) is 4. The summed E-state index contributed by atoms with van der Waals surface area (Å²) in [5.41, 5.74) is 3.51. The molecule has 26 heavy (non-hydrogen) atoms. The molecule has 5 nitrogen and oxygen atoms in total. The fourth-order valence-electron chi connectivity index (χ4n) is 2.56. The predicted octanol–water partition coefficient (Wildman–Crippen LogP) is 3.45. The van der Waals surface area contributed by atoms with Crippen LogP contribution in [0.3, 0.4) is 0 Å². The summed E-state index contributed by atoms with van der Waals surface area (Å²) in [5.74, 6) is -0.144. The first kappa shape index (κ1) is 17.6. The maximum atomic E-state index is 12.1.